The van der Waals surface area contributed by atoms with Crippen molar-refractivity contribution in [2.45, 2.75) is 13.0 Å². The molecule has 0 saturated heterocycles. The summed E-state index contributed by atoms with van der Waals surface area (Å²) in [5.41, 5.74) is 0.266. The Balaban J connectivity index is 3.00. The van der Waals surface area contributed by atoms with Crippen LogP contribution in [0.1, 0.15) is 18.5 Å². The third-order valence-corrected chi connectivity index (χ3v) is 2.39. The molecule has 1 amide bonds. The zero-order valence-corrected chi connectivity index (χ0v) is 9.71. The highest BCUT2D eigenvalue weighted by Gasteiger charge is 2.15. The van der Waals surface area contributed by atoms with Crippen LogP contribution in [0.3, 0.4) is 0 Å². The van der Waals surface area contributed by atoms with E-state index in [4.69, 9.17) is 5.11 Å². The second-order valence-electron chi connectivity index (χ2n) is 3.10. The van der Waals surface area contributed by atoms with Crippen molar-refractivity contribution in [3.63, 3.8) is 0 Å². The summed E-state index contributed by atoms with van der Waals surface area (Å²) in [5.74, 6) is -0.764. The molecule has 0 aliphatic heterocycles. The Kier molecular flexibility index (Phi) is 4.23. The fourth-order valence-corrected chi connectivity index (χ4v) is 1.63. The van der Waals surface area contributed by atoms with Gasteiger partial charge >= 0.3 is 0 Å². The number of rotatable bonds is 3. The lowest BCUT2D eigenvalue weighted by molar-refractivity contribution is -0.120. The molecule has 15 heavy (non-hydrogen) atoms. The smallest absolute Gasteiger partial charge is 0.217 e. The van der Waals surface area contributed by atoms with Crippen molar-refractivity contribution >= 4 is 21.8 Å². The summed E-state index contributed by atoms with van der Waals surface area (Å²) in [6.45, 7) is 0.978. The third-order valence-electron chi connectivity index (χ3n) is 1.89. The van der Waals surface area contributed by atoms with Gasteiger partial charge in [0, 0.05) is 17.0 Å². The van der Waals surface area contributed by atoms with Crippen LogP contribution in [0, 0.1) is 5.82 Å². The van der Waals surface area contributed by atoms with Gasteiger partial charge in [0.15, 0.2) is 0 Å². The van der Waals surface area contributed by atoms with Crippen molar-refractivity contribution in [1.29, 1.82) is 0 Å². The first kappa shape index (κ1) is 12.1. The van der Waals surface area contributed by atoms with Gasteiger partial charge in [-0.05, 0) is 18.2 Å². The highest BCUT2D eigenvalue weighted by molar-refractivity contribution is 9.10. The minimum atomic E-state index is -0.708. The fraction of sp³-hybridized carbons (Fsp3) is 0.300. The number of nitrogens with one attached hydrogen (secondary N) is 1. The molecule has 0 aliphatic carbocycles. The van der Waals surface area contributed by atoms with Crippen LogP contribution in [0.5, 0.6) is 0 Å². The molecule has 0 aromatic heterocycles. The summed E-state index contributed by atoms with van der Waals surface area (Å²) in [5, 5.41) is 11.5. The number of aliphatic hydroxyl groups is 1. The van der Waals surface area contributed by atoms with Gasteiger partial charge in [-0.25, -0.2) is 4.39 Å². The number of carbonyl (C=O) groups is 1. The number of halogens is 2. The van der Waals surface area contributed by atoms with Gasteiger partial charge in [0.05, 0.1) is 12.6 Å². The molecule has 0 heterocycles. The molecule has 0 spiro atoms. The summed E-state index contributed by atoms with van der Waals surface area (Å²) < 4.78 is 14.1. The molecule has 0 bridgehead atoms. The maximum atomic E-state index is 13.4. The normalized spacial score (nSPS) is 12.3. The molecule has 1 aromatic rings. The van der Waals surface area contributed by atoms with Crippen molar-refractivity contribution in [2.24, 2.45) is 0 Å². The molecule has 0 saturated carbocycles. The largest absolute Gasteiger partial charge is 0.394 e. The van der Waals surface area contributed by atoms with E-state index >= 15 is 0 Å². The number of amides is 1. The number of benzene rings is 1. The van der Waals surface area contributed by atoms with Crippen molar-refractivity contribution < 1.29 is 14.3 Å². The minimum absolute atomic E-state index is 0.266. The average molecular weight is 276 g/mol. The Morgan fingerprint density at radius 2 is 2.33 bits per heavy atom. The predicted molar refractivity (Wildman–Crippen MR) is 57.7 cm³/mol. The summed E-state index contributed by atoms with van der Waals surface area (Å²) in [7, 11) is 0. The van der Waals surface area contributed by atoms with Gasteiger partial charge < -0.3 is 10.4 Å². The van der Waals surface area contributed by atoms with Crippen LogP contribution < -0.4 is 5.32 Å². The van der Waals surface area contributed by atoms with E-state index in [-0.39, 0.29) is 18.1 Å². The van der Waals surface area contributed by atoms with Crippen molar-refractivity contribution in [3.05, 3.63) is 34.1 Å². The van der Waals surface area contributed by atoms with Gasteiger partial charge in [0.2, 0.25) is 5.91 Å². The molecule has 0 radical (unpaired) electrons. The maximum Gasteiger partial charge on any atom is 0.217 e. The molecule has 0 aliphatic rings. The van der Waals surface area contributed by atoms with E-state index < -0.39 is 11.9 Å². The SMILES string of the molecule is CC(=O)NC(CO)c1cc(Br)ccc1F. The molecule has 2 N–H and O–H groups in total. The van der Waals surface area contributed by atoms with Crippen molar-refractivity contribution in [1.82, 2.24) is 5.32 Å². The van der Waals surface area contributed by atoms with Gasteiger partial charge in [-0.3, -0.25) is 4.79 Å². The summed E-state index contributed by atoms with van der Waals surface area (Å²) >= 11 is 3.20. The first-order valence-corrected chi connectivity index (χ1v) is 5.16. The molecule has 1 atom stereocenters. The van der Waals surface area contributed by atoms with Crippen molar-refractivity contribution in [2.75, 3.05) is 6.61 Å². The quantitative estimate of drug-likeness (QED) is 0.883. The van der Waals surface area contributed by atoms with Gasteiger partial charge in [-0.1, -0.05) is 15.9 Å². The molecule has 82 valence electrons. The monoisotopic (exact) mass is 275 g/mol. The van der Waals surface area contributed by atoms with Crippen LogP contribution in [0.15, 0.2) is 22.7 Å². The Labute approximate surface area is 95.4 Å². The number of hydrogen-bond donors (Lipinski definition) is 2. The van der Waals surface area contributed by atoms with Gasteiger partial charge in [0.25, 0.3) is 0 Å². The van der Waals surface area contributed by atoms with E-state index in [1.54, 1.807) is 6.07 Å². The lowest BCUT2D eigenvalue weighted by Crippen LogP contribution is -2.29. The molecular weight excluding hydrogens is 265 g/mol. The minimum Gasteiger partial charge on any atom is -0.394 e. The Bertz CT molecular complexity index is 370. The summed E-state index contributed by atoms with van der Waals surface area (Å²) in [4.78, 5) is 10.8. The van der Waals surface area contributed by atoms with Crippen LogP contribution in [0.25, 0.3) is 0 Å². The summed E-state index contributed by atoms with van der Waals surface area (Å²) in [6.07, 6.45) is 0. The van der Waals surface area contributed by atoms with E-state index in [0.717, 1.165) is 0 Å². The summed E-state index contributed by atoms with van der Waals surface area (Å²) in [6, 6.07) is 3.66. The highest BCUT2D eigenvalue weighted by atomic mass is 79.9. The van der Waals surface area contributed by atoms with E-state index in [2.05, 4.69) is 21.2 Å². The third kappa shape index (κ3) is 3.28. The van der Waals surface area contributed by atoms with E-state index in [0.29, 0.717) is 4.47 Å². The zero-order valence-electron chi connectivity index (χ0n) is 8.13. The highest BCUT2D eigenvalue weighted by Crippen LogP contribution is 2.21. The fourth-order valence-electron chi connectivity index (χ4n) is 1.25. The van der Waals surface area contributed by atoms with Crippen LogP contribution in [-0.4, -0.2) is 17.6 Å². The lowest BCUT2D eigenvalue weighted by Gasteiger charge is -2.16. The van der Waals surface area contributed by atoms with Crippen LogP contribution >= 0.6 is 15.9 Å². The van der Waals surface area contributed by atoms with Gasteiger partial charge in [0.1, 0.15) is 5.82 Å². The van der Waals surface area contributed by atoms with E-state index in [1.165, 1.54) is 19.1 Å². The van der Waals surface area contributed by atoms with E-state index in [1.807, 2.05) is 0 Å². The second-order valence-corrected chi connectivity index (χ2v) is 4.02. The lowest BCUT2D eigenvalue weighted by atomic mass is 10.1. The molecule has 3 nitrogen and oxygen atoms in total. The Hall–Kier alpha value is -0.940. The number of carbonyl (C=O) groups excluding carboxylic acids is 1. The van der Waals surface area contributed by atoms with Crippen LogP contribution in [0.4, 0.5) is 4.39 Å². The molecule has 1 aromatic carbocycles. The number of aliphatic hydroxyl groups excluding tert-OH is 1. The second kappa shape index (κ2) is 5.23. The van der Waals surface area contributed by atoms with Crippen molar-refractivity contribution in [3.8, 4) is 0 Å². The Morgan fingerprint density at radius 1 is 1.67 bits per heavy atom. The first-order chi connectivity index (χ1) is 7.04. The van der Waals surface area contributed by atoms with Gasteiger partial charge in [-0.15, -0.1) is 0 Å². The maximum absolute atomic E-state index is 13.4. The molecule has 0 fully saturated rings. The standard InChI is InChI=1S/C10H11BrFNO2/c1-6(15)13-10(5-14)8-4-7(11)2-3-9(8)12/h2-4,10,14H,5H2,1H3,(H,13,15). The molecule has 5 heteroatoms. The van der Waals surface area contributed by atoms with Gasteiger partial charge in [-0.2, -0.15) is 0 Å². The average Bonchev–Trinajstić information content (AvgIpc) is 2.18. The topological polar surface area (TPSA) is 49.3 Å². The van der Waals surface area contributed by atoms with E-state index in [9.17, 15) is 9.18 Å². The van der Waals surface area contributed by atoms with Crippen LogP contribution in [-0.2, 0) is 4.79 Å². The predicted octanol–water partition coefficient (Wildman–Crippen LogP) is 1.76. The van der Waals surface area contributed by atoms with Crippen LogP contribution in [0.2, 0.25) is 0 Å². The molecule has 1 unspecified atom stereocenters. The molecule has 1 rings (SSSR count). The number of hydrogen-bond acceptors (Lipinski definition) is 2. The Morgan fingerprint density at radius 3 is 2.87 bits per heavy atom. The first-order valence-electron chi connectivity index (χ1n) is 4.37. The zero-order chi connectivity index (χ0) is 11.4. The molecular formula is C10H11BrFNO2.